The minimum absolute atomic E-state index is 0.0598. The molecule has 0 saturated heterocycles. The zero-order valence-corrected chi connectivity index (χ0v) is 19.1. The average molecular weight is 468 g/mol. The number of halogens is 1. The first-order chi connectivity index (χ1) is 16.2. The van der Waals surface area contributed by atoms with E-state index in [2.05, 4.69) is 21.1 Å². The quantitative estimate of drug-likeness (QED) is 0.443. The van der Waals surface area contributed by atoms with Crippen molar-refractivity contribution in [1.82, 2.24) is 10.5 Å². The zero-order chi connectivity index (χ0) is 24.8. The van der Waals surface area contributed by atoms with Crippen molar-refractivity contribution in [2.75, 3.05) is 17.7 Å². The molecule has 0 aliphatic carbocycles. The van der Waals surface area contributed by atoms with Crippen LogP contribution in [-0.4, -0.2) is 36.2 Å². The van der Waals surface area contributed by atoms with E-state index in [1.165, 1.54) is 31.4 Å². The van der Waals surface area contributed by atoms with Crippen molar-refractivity contribution in [2.45, 2.75) is 26.8 Å². The second kappa shape index (κ2) is 10.6. The Kier molecular flexibility index (Phi) is 7.62. The van der Waals surface area contributed by atoms with E-state index >= 15 is 0 Å². The number of anilines is 2. The van der Waals surface area contributed by atoms with E-state index in [-0.39, 0.29) is 17.4 Å². The van der Waals surface area contributed by atoms with Gasteiger partial charge < -0.3 is 25.2 Å². The summed E-state index contributed by atoms with van der Waals surface area (Å²) in [5, 5.41) is 11.6. The van der Waals surface area contributed by atoms with Crippen LogP contribution in [0.1, 0.15) is 30.0 Å². The first-order valence-corrected chi connectivity index (χ1v) is 10.5. The number of nitrogens with zero attached hydrogens (tertiary/aromatic N) is 1. The van der Waals surface area contributed by atoms with Crippen molar-refractivity contribution in [3.63, 3.8) is 0 Å². The van der Waals surface area contributed by atoms with Crippen molar-refractivity contribution in [3.05, 3.63) is 65.7 Å². The second-order valence-electron chi connectivity index (χ2n) is 7.88. The Hall–Kier alpha value is -4.21. The highest BCUT2D eigenvalue weighted by Gasteiger charge is 2.27. The number of hydrogen-bond donors (Lipinski definition) is 3. The lowest BCUT2D eigenvalue weighted by Crippen LogP contribution is -2.44. The number of urea groups is 1. The highest BCUT2D eigenvalue weighted by atomic mass is 19.1. The number of nitrogens with one attached hydrogen (secondary N) is 3. The number of aryl methyl sites for hydroxylation is 1. The molecule has 1 atom stereocenters. The Morgan fingerprint density at radius 2 is 1.79 bits per heavy atom. The van der Waals surface area contributed by atoms with Gasteiger partial charge in [-0.25, -0.2) is 14.0 Å². The third-order valence-electron chi connectivity index (χ3n) is 5.02. The predicted molar refractivity (Wildman–Crippen MR) is 124 cm³/mol. The van der Waals surface area contributed by atoms with E-state index in [1.54, 1.807) is 45.0 Å². The monoisotopic (exact) mass is 468 g/mol. The minimum atomic E-state index is -0.825. The molecule has 2 aromatic carbocycles. The molecule has 1 unspecified atom stereocenters. The molecule has 3 N–H and O–H groups in total. The number of esters is 1. The molecule has 0 saturated carbocycles. The van der Waals surface area contributed by atoms with Crippen LogP contribution in [0.15, 0.2) is 53.1 Å². The Balaban J connectivity index is 1.69. The lowest BCUT2D eigenvalue weighted by Gasteiger charge is -2.18. The van der Waals surface area contributed by atoms with Crippen molar-refractivity contribution < 1.29 is 28.0 Å². The van der Waals surface area contributed by atoms with Gasteiger partial charge in [0.15, 0.2) is 0 Å². The van der Waals surface area contributed by atoms with E-state index < -0.39 is 29.8 Å². The number of hydrogen-bond acceptors (Lipinski definition) is 6. The molecule has 1 heterocycles. The fourth-order valence-corrected chi connectivity index (χ4v) is 3.22. The van der Waals surface area contributed by atoms with Gasteiger partial charge in [0.2, 0.25) is 5.76 Å². The molecule has 3 aromatic rings. The molecule has 0 fully saturated rings. The van der Waals surface area contributed by atoms with Crippen LogP contribution in [0.25, 0.3) is 11.3 Å². The SMILES string of the molecule is COC(=O)C(NC(=O)c1cc(-c2ccc(NC(=O)Nc3ccccc3F)cc2C)no1)C(C)C. The third-order valence-corrected chi connectivity index (χ3v) is 5.02. The first kappa shape index (κ1) is 24.4. The van der Waals surface area contributed by atoms with Crippen LogP contribution >= 0.6 is 0 Å². The molecule has 1 aromatic heterocycles. The number of carbonyl (C=O) groups is 3. The van der Waals surface area contributed by atoms with Crippen LogP contribution in [0, 0.1) is 18.7 Å². The standard InChI is InChI=1S/C24H25FN4O5/c1-13(2)21(23(31)33-4)28-22(30)20-12-19(29-34-20)16-10-9-15(11-14(16)3)26-24(32)27-18-8-6-5-7-17(18)25/h5-13,21H,1-4H3,(H,28,30)(H2,26,27,32). The Morgan fingerprint density at radius 3 is 2.44 bits per heavy atom. The van der Waals surface area contributed by atoms with Gasteiger partial charge >= 0.3 is 12.0 Å². The zero-order valence-electron chi connectivity index (χ0n) is 19.1. The van der Waals surface area contributed by atoms with E-state index in [9.17, 15) is 18.8 Å². The normalized spacial score (nSPS) is 11.6. The first-order valence-electron chi connectivity index (χ1n) is 10.5. The summed E-state index contributed by atoms with van der Waals surface area (Å²) in [6.45, 7) is 5.36. The maximum Gasteiger partial charge on any atom is 0.328 e. The summed E-state index contributed by atoms with van der Waals surface area (Å²) < 4.78 is 23.6. The van der Waals surface area contributed by atoms with E-state index in [0.717, 1.165) is 5.56 Å². The van der Waals surface area contributed by atoms with Crippen LogP contribution < -0.4 is 16.0 Å². The largest absolute Gasteiger partial charge is 0.467 e. The van der Waals surface area contributed by atoms with E-state index in [1.807, 2.05) is 0 Å². The van der Waals surface area contributed by atoms with Crippen molar-refractivity contribution in [3.8, 4) is 11.3 Å². The highest BCUT2D eigenvalue weighted by Crippen LogP contribution is 2.26. The van der Waals surface area contributed by atoms with Crippen LogP contribution in [0.5, 0.6) is 0 Å². The second-order valence-corrected chi connectivity index (χ2v) is 7.88. The number of carbonyl (C=O) groups excluding carboxylic acids is 3. The average Bonchev–Trinajstić information content (AvgIpc) is 3.28. The molecular formula is C24H25FN4O5. The smallest absolute Gasteiger partial charge is 0.328 e. The van der Waals surface area contributed by atoms with Crippen LogP contribution in [0.3, 0.4) is 0 Å². The van der Waals surface area contributed by atoms with E-state index in [0.29, 0.717) is 16.9 Å². The van der Waals surface area contributed by atoms with Gasteiger partial charge in [0.25, 0.3) is 5.91 Å². The molecule has 10 heteroatoms. The summed E-state index contributed by atoms with van der Waals surface area (Å²) in [7, 11) is 1.25. The minimum Gasteiger partial charge on any atom is -0.467 e. The van der Waals surface area contributed by atoms with Gasteiger partial charge in [-0.3, -0.25) is 4.79 Å². The van der Waals surface area contributed by atoms with Crippen LogP contribution in [0.4, 0.5) is 20.6 Å². The molecule has 0 aliphatic heterocycles. The van der Waals surface area contributed by atoms with Gasteiger partial charge in [-0.05, 0) is 42.7 Å². The van der Waals surface area contributed by atoms with Crippen molar-refractivity contribution in [1.29, 1.82) is 0 Å². The van der Waals surface area contributed by atoms with E-state index in [4.69, 9.17) is 9.26 Å². The topological polar surface area (TPSA) is 123 Å². The number of methoxy groups -OCH3 is 1. The van der Waals surface area contributed by atoms with Gasteiger partial charge in [-0.1, -0.05) is 37.2 Å². The fourth-order valence-electron chi connectivity index (χ4n) is 3.22. The molecular weight excluding hydrogens is 443 g/mol. The number of aromatic nitrogens is 1. The van der Waals surface area contributed by atoms with Gasteiger partial charge in [0, 0.05) is 17.3 Å². The molecule has 0 aliphatic rings. The molecule has 0 spiro atoms. The Morgan fingerprint density at radius 1 is 1.06 bits per heavy atom. The van der Waals surface area contributed by atoms with Gasteiger partial charge in [0.1, 0.15) is 17.6 Å². The number of para-hydroxylation sites is 1. The lowest BCUT2D eigenvalue weighted by atomic mass is 10.0. The number of benzene rings is 2. The molecule has 3 amide bonds. The Bertz CT molecular complexity index is 1210. The number of ether oxygens (including phenoxy) is 1. The highest BCUT2D eigenvalue weighted by molar-refractivity contribution is 6.00. The maximum atomic E-state index is 13.7. The summed E-state index contributed by atoms with van der Waals surface area (Å²) in [4.78, 5) is 36.6. The molecule has 34 heavy (non-hydrogen) atoms. The summed E-state index contributed by atoms with van der Waals surface area (Å²) in [6, 6.07) is 10.9. The molecule has 0 bridgehead atoms. The summed E-state index contributed by atoms with van der Waals surface area (Å²) in [5.74, 6) is -1.93. The van der Waals surface area contributed by atoms with Gasteiger partial charge in [0.05, 0.1) is 12.8 Å². The molecule has 9 nitrogen and oxygen atoms in total. The summed E-state index contributed by atoms with van der Waals surface area (Å²) >= 11 is 0. The number of rotatable bonds is 7. The maximum absolute atomic E-state index is 13.7. The molecule has 178 valence electrons. The van der Waals surface area contributed by atoms with Gasteiger partial charge in [-0.2, -0.15) is 0 Å². The summed E-state index contributed by atoms with van der Waals surface area (Å²) in [6.07, 6.45) is 0. The van der Waals surface area contributed by atoms with Crippen molar-refractivity contribution in [2.24, 2.45) is 5.92 Å². The Labute approximate surface area is 195 Å². The lowest BCUT2D eigenvalue weighted by molar-refractivity contribution is -0.144. The number of amides is 3. The molecule has 0 radical (unpaired) electrons. The van der Waals surface area contributed by atoms with Crippen molar-refractivity contribution >= 4 is 29.3 Å². The predicted octanol–water partition coefficient (Wildman–Crippen LogP) is 4.36. The van der Waals surface area contributed by atoms with Crippen LogP contribution in [0.2, 0.25) is 0 Å². The van der Waals surface area contributed by atoms with Crippen LogP contribution in [-0.2, 0) is 9.53 Å². The van der Waals surface area contributed by atoms with Gasteiger partial charge in [-0.15, -0.1) is 0 Å². The third kappa shape index (κ3) is 5.77. The summed E-state index contributed by atoms with van der Waals surface area (Å²) in [5.41, 5.74) is 2.38. The molecule has 3 rings (SSSR count). The fraction of sp³-hybridized carbons (Fsp3) is 0.250.